The maximum absolute atomic E-state index is 13.3. The van der Waals surface area contributed by atoms with E-state index in [9.17, 15) is 28.2 Å². The second-order valence-corrected chi connectivity index (χ2v) is 10.1. The van der Waals surface area contributed by atoms with Gasteiger partial charge in [-0.1, -0.05) is 18.2 Å². The van der Waals surface area contributed by atoms with Crippen molar-refractivity contribution >= 4 is 27.3 Å². The first-order valence-corrected chi connectivity index (χ1v) is 11.6. The summed E-state index contributed by atoms with van der Waals surface area (Å²) >= 11 is 0. The SMILES string of the molecule is CS(=O)(=O)CC(c1ccc(O)c(O)c1)N1Cc2cccc(NC(=O)C3CC3)c2C1=O. The predicted molar refractivity (Wildman–Crippen MR) is 110 cm³/mol. The second-order valence-electron chi connectivity index (χ2n) is 7.89. The summed E-state index contributed by atoms with van der Waals surface area (Å²) in [5.74, 6) is -1.61. The van der Waals surface area contributed by atoms with Gasteiger partial charge in [-0.05, 0) is 42.2 Å². The molecule has 1 heterocycles. The normalized spacial score (nSPS) is 17.0. The lowest BCUT2D eigenvalue weighted by molar-refractivity contribution is -0.117. The molecule has 2 aliphatic rings. The van der Waals surface area contributed by atoms with Crippen LogP contribution in [0.4, 0.5) is 5.69 Å². The van der Waals surface area contributed by atoms with Crippen molar-refractivity contribution in [1.29, 1.82) is 0 Å². The number of hydrogen-bond donors (Lipinski definition) is 3. The number of benzene rings is 2. The maximum atomic E-state index is 13.3. The fourth-order valence-electron chi connectivity index (χ4n) is 3.72. The van der Waals surface area contributed by atoms with Crippen LogP contribution in [0.25, 0.3) is 0 Å². The minimum Gasteiger partial charge on any atom is -0.504 e. The molecule has 0 spiro atoms. The van der Waals surface area contributed by atoms with Crippen molar-refractivity contribution in [2.24, 2.45) is 5.92 Å². The number of rotatable bonds is 6. The second kappa shape index (κ2) is 7.32. The molecule has 0 aromatic heterocycles. The first-order valence-electron chi connectivity index (χ1n) is 9.57. The van der Waals surface area contributed by atoms with Crippen LogP contribution in [0.15, 0.2) is 36.4 Å². The molecule has 4 rings (SSSR count). The van der Waals surface area contributed by atoms with Gasteiger partial charge in [0.05, 0.1) is 23.0 Å². The Morgan fingerprint density at radius 2 is 1.93 bits per heavy atom. The highest BCUT2D eigenvalue weighted by Gasteiger charge is 2.38. The van der Waals surface area contributed by atoms with E-state index in [1.165, 1.54) is 23.1 Å². The zero-order valence-electron chi connectivity index (χ0n) is 16.3. The lowest BCUT2D eigenvalue weighted by Gasteiger charge is -2.28. The number of fused-ring (bicyclic) bond motifs is 1. The molecule has 8 nitrogen and oxygen atoms in total. The maximum Gasteiger partial charge on any atom is 0.257 e. The van der Waals surface area contributed by atoms with Crippen molar-refractivity contribution in [2.75, 3.05) is 17.3 Å². The van der Waals surface area contributed by atoms with Crippen molar-refractivity contribution in [3.63, 3.8) is 0 Å². The number of phenolic OH excluding ortho intramolecular Hbond substituents is 2. The number of hydrogen-bond acceptors (Lipinski definition) is 6. The Balaban J connectivity index is 1.70. The van der Waals surface area contributed by atoms with E-state index >= 15 is 0 Å². The first kappa shape index (κ1) is 20.2. The number of amides is 2. The highest BCUT2D eigenvalue weighted by atomic mass is 32.2. The average molecular weight is 430 g/mol. The van der Waals surface area contributed by atoms with Gasteiger partial charge in [0.15, 0.2) is 11.5 Å². The summed E-state index contributed by atoms with van der Waals surface area (Å²) < 4.78 is 24.2. The molecule has 1 atom stereocenters. The average Bonchev–Trinajstić information content (AvgIpc) is 3.46. The van der Waals surface area contributed by atoms with Gasteiger partial charge in [0, 0.05) is 18.7 Å². The van der Waals surface area contributed by atoms with E-state index in [0.29, 0.717) is 22.4 Å². The van der Waals surface area contributed by atoms with Crippen LogP contribution in [-0.2, 0) is 21.2 Å². The molecule has 1 aliphatic carbocycles. The number of anilines is 1. The third-order valence-corrected chi connectivity index (χ3v) is 6.31. The van der Waals surface area contributed by atoms with E-state index in [4.69, 9.17) is 0 Å². The largest absolute Gasteiger partial charge is 0.504 e. The highest BCUT2D eigenvalue weighted by Crippen LogP contribution is 2.38. The van der Waals surface area contributed by atoms with Crippen LogP contribution < -0.4 is 5.32 Å². The van der Waals surface area contributed by atoms with Crippen LogP contribution in [0.5, 0.6) is 11.5 Å². The Morgan fingerprint density at radius 3 is 2.57 bits per heavy atom. The lowest BCUT2D eigenvalue weighted by atomic mass is 10.1. The molecular weight excluding hydrogens is 408 g/mol. The van der Waals surface area contributed by atoms with E-state index in [1.54, 1.807) is 18.2 Å². The smallest absolute Gasteiger partial charge is 0.257 e. The van der Waals surface area contributed by atoms with Crippen molar-refractivity contribution < 1.29 is 28.2 Å². The minimum atomic E-state index is -3.48. The molecule has 2 amide bonds. The van der Waals surface area contributed by atoms with Crippen LogP contribution in [-0.4, -0.2) is 47.4 Å². The minimum absolute atomic E-state index is 0.0218. The summed E-state index contributed by atoms with van der Waals surface area (Å²) in [5.41, 5.74) is 1.85. The van der Waals surface area contributed by atoms with Crippen LogP contribution >= 0.6 is 0 Å². The van der Waals surface area contributed by atoms with Crippen LogP contribution in [0, 0.1) is 5.92 Å². The molecule has 158 valence electrons. The molecular formula is C21H22N2O6S. The fourth-order valence-corrected chi connectivity index (χ4v) is 4.67. The molecule has 1 unspecified atom stereocenters. The third-order valence-electron chi connectivity index (χ3n) is 5.39. The Hall–Kier alpha value is -3.07. The van der Waals surface area contributed by atoms with Gasteiger partial charge in [-0.2, -0.15) is 0 Å². The monoisotopic (exact) mass is 430 g/mol. The zero-order chi connectivity index (χ0) is 21.6. The molecule has 2 aromatic carbocycles. The molecule has 2 aromatic rings. The Kier molecular flexibility index (Phi) is 4.93. The van der Waals surface area contributed by atoms with Crippen molar-refractivity contribution in [3.05, 3.63) is 53.1 Å². The molecule has 9 heteroatoms. The van der Waals surface area contributed by atoms with Gasteiger partial charge < -0.3 is 20.4 Å². The molecule has 3 N–H and O–H groups in total. The number of sulfone groups is 1. The molecule has 0 radical (unpaired) electrons. The van der Waals surface area contributed by atoms with Crippen molar-refractivity contribution in [3.8, 4) is 11.5 Å². The number of nitrogens with zero attached hydrogens (tertiary/aromatic N) is 1. The molecule has 1 aliphatic heterocycles. The van der Waals surface area contributed by atoms with Gasteiger partial charge >= 0.3 is 0 Å². The van der Waals surface area contributed by atoms with Gasteiger partial charge in [0.2, 0.25) is 5.91 Å². The van der Waals surface area contributed by atoms with Crippen LogP contribution in [0.2, 0.25) is 0 Å². The number of nitrogens with one attached hydrogen (secondary N) is 1. The number of aromatic hydroxyl groups is 2. The standard InChI is InChI=1S/C21H22N2O6S/c1-30(28,29)11-16(13-7-8-17(24)18(25)9-13)23-10-14-3-2-4-15(19(14)21(23)27)22-20(26)12-5-6-12/h2-4,7-9,12,16,24-25H,5-6,10-11H2,1H3,(H,22,26). The Morgan fingerprint density at radius 1 is 1.20 bits per heavy atom. The van der Waals surface area contributed by atoms with Crippen molar-refractivity contribution in [1.82, 2.24) is 4.90 Å². The van der Waals surface area contributed by atoms with Crippen LogP contribution in [0.3, 0.4) is 0 Å². The van der Waals surface area contributed by atoms with E-state index in [-0.39, 0.29) is 29.9 Å². The quantitative estimate of drug-likeness (QED) is 0.604. The van der Waals surface area contributed by atoms with E-state index < -0.39 is 27.5 Å². The zero-order valence-corrected chi connectivity index (χ0v) is 17.1. The summed E-state index contributed by atoms with van der Waals surface area (Å²) in [7, 11) is -3.48. The van der Waals surface area contributed by atoms with E-state index in [0.717, 1.165) is 19.1 Å². The summed E-state index contributed by atoms with van der Waals surface area (Å²) in [6.07, 6.45) is 2.75. The van der Waals surface area contributed by atoms with E-state index in [2.05, 4.69) is 5.32 Å². The molecule has 0 bridgehead atoms. The van der Waals surface area contributed by atoms with Gasteiger partial charge in [-0.3, -0.25) is 9.59 Å². The Labute approximate surface area is 174 Å². The Bertz CT molecular complexity index is 1140. The van der Waals surface area contributed by atoms with Crippen molar-refractivity contribution in [2.45, 2.75) is 25.4 Å². The summed E-state index contributed by atoms with van der Waals surface area (Å²) in [6, 6.07) is 8.32. The van der Waals surface area contributed by atoms with Crippen LogP contribution in [0.1, 0.15) is 40.4 Å². The predicted octanol–water partition coefficient (Wildman–Crippen LogP) is 2.19. The molecule has 1 fully saturated rings. The molecule has 1 saturated carbocycles. The fraction of sp³-hybridized carbons (Fsp3) is 0.333. The van der Waals surface area contributed by atoms with Gasteiger partial charge in [0.1, 0.15) is 9.84 Å². The van der Waals surface area contributed by atoms with Gasteiger partial charge in [-0.15, -0.1) is 0 Å². The van der Waals surface area contributed by atoms with Gasteiger partial charge in [0.25, 0.3) is 5.91 Å². The molecule has 30 heavy (non-hydrogen) atoms. The molecule has 0 saturated heterocycles. The van der Waals surface area contributed by atoms with Gasteiger partial charge in [-0.25, -0.2) is 8.42 Å². The lowest BCUT2D eigenvalue weighted by Crippen LogP contribution is -2.34. The summed E-state index contributed by atoms with van der Waals surface area (Å²) in [5, 5.41) is 22.3. The summed E-state index contributed by atoms with van der Waals surface area (Å²) in [6.45, 7) is 0.170. The topological polar surface area (TPSA) is 124 Å². The number of carbonyl (C=O) groups excluding carboxylic acids is 2. The third kappa shape index (κ3) is 3.97. The number of carbonyl (C=O) groups is 2. The summed E-state index contributed by atoms with van der Waals surface area (Å²) in [4.78, 5) is 26.9. The number of phenols is 2. The first-order chi connectivity index (χ1) is 14.1. The highest BCUT2D eigenvalue weighted by molar-refractivity contribution is 7.90. The van der Waals surface area contributed by atoms with E-state index in [1.807, 2.05) is 0 Å².